The van der Waals surface area contributed by atoms with Gasteiger partial charge in [-0.25, -0.2) is 0 Å². The molecule has 194 valence electrons. The van der Waals surface area contributed by atoms with E-state index < -0.39 is 0 Å². The smallest absolute Gasteiger partial charge is 0.0963 e. The van der Waals surface area contributed by atoms with Gasteiger partial charge in [0.2, 0.25) is 0 Å². The number of fused-ring (bicyclic) bond motifs is 9. The summed E-state index contributed by atoms with van der Waals surface area (Å²) >= 11 is 9.21. The molecule has 0 N–H and O–H groups in total. The monoisotopic (exact) mass is 562 g/mol. The van der Waals surface area contributed by atoms with Gasteiger partial charge in [0.1, 0.15) is 0 Å². The van der Waals surface area contributed by atoms with Crippen LogP contribution in [-0.4, -0.2) is 19.1 Å². The summed E-state index contributed by atoms with van der Waals surface area (Å²) in [6.07, 6.45) is 4.65. The van der Waals surface area contributed by atoms with Crippen LogP contribution in [0.2, 0.25) is 0 Å². The quantitative estimate of drug-likeness (QED) is 0.207. The topological polar surface area (TPSA) is 35.6 Å². The van der Waals surface area contributed by atoms with Crippen LogP contribution in [0.4, 0.5) is 0 Å². The van der Waals surface area contributed by atoms with E-state index in [1.807, 2.05) is 36.7 Å². The highest BCUT2D eigenvalue weighted by atomic mass is 32.1. The van der Waals surface area contributed by atoms with Crippen molar-refractivity contribution >= 4 is 69.1 Å². The van der Waals surface area contributed by atoms with Crippen molar-refractivity contribution in [1.29, 1.82) is 0 Å². The molecule has 1 aliphatic carbocycles. The Bertz CT molecular complexity index is 2210. The lowest BCUT2D eigenvalue weighted by Crippen LogP contribution is -1.96. The molecular weight excluding hydrogens is 541 g/mol. The molecule has 0 saturated heterocycles. The van der Waals surface area contributed by atoms with Gasteiger partial charge in [0.25, 0.3) is 0 Å². The van der Waals surface area contributed by atoms with Crippen LogP contribution in [0.25, 0.3) is 66.4 Å². The van der Waals surface area contributed by atoms with E-state index in [0.29, 0.717) is 0 Å². The maximum absolute atomic E-state index is 4.73. The van der Waals surface area contributed by atoms with Crippen molar-refractivity contribution in [3.05, 3.63) is 121 Å². The molecule has 0 aliphatic heterocycles. The van der Waals surface area contributed by atoms with E-state index in [9.17, 15) is 0 Å². The Hall–Kier alpha value is -4.52. The first kappa shape index (κ1) is 23.2. The van der Waals surface area contributed by atoms with Crippen LogP contribution in [0, 0.1) is 0 Å². The summed E-state index contributed by atoms with van der Waals surface area (Å²) < 4.78 is 4.64. The predicted octanol–water partition coefficient (Wildman–Crippen LogP) is 8.82. The van der Waals surface area contributed by atoms with Gasteiger partial charge in [0.05, 0.1) is 33.1 Å². The molecule has 0 amide bonds. The minimum absolute atomic E-state index is 0.931. The highest BCUT2D eigenvalue weighted by Gasteiger charge is 2.22. The molecule has 0 atom stereocenters. The fourth-order valence-corrected chi connectivity index (χ4v) is 7.03. The zero-order valence-electron chi connectivity index (χ0n) is 21.8. The van der Waals surface area contributed by atoms with Gasteiger partial charge in [-0.2, -0.15) is 0 Å². The molecule has 9 rings (SSSR count). The summed E-state index contributed by atoms with van der Waals surface area (Å²) in [5.74, 6) is 0. The van der Waals surface area contributed by atoms with Gasteiger partial charge in [0.15, 0.2) is 0 Å². The number of aromatic nitrogens is 4. The van der Waals surface area contributed by atoms with E-state index >= 15 is 0 Å². The second kappa shape index (κ2) is 8.49. The van der Waals surface area contributed by atoms with E-state index in [1.54, 1.807) is 0 Å². The lowest BCUT2D eigenvalue weighted by molar-refractivity contribution is 1.16. The van der Waals surface area contributed by atoms with Crippen molar-refractivity contribution in [2.24, 2.45) is 0 Å². The van der Waals surface area contributed by atoms with Crippen molar-refractivity contribution in [3.8, 4) is 22.5 Å². The van der Waals surface area contributed by atoms with Gasteiger partial charge in [-0.15, -0.1) is 25.3 Å². The molecule has 4 aromatic heterocycles. The largest absolute Gasteiger partial charge is 0.308 e. The standard InChI is InChI=1S/C35H22N4S2/c40-24-9-11-30-28(18-24)34-32(3-1-13-36-34)38(30)22-7-5-20-15-21-6-8-23(17-27(21)26(20)16-22)39-31-12-10-25(41)19-29(31)35-33(39)4-2-14-37-35/h1-14,16-19,40-41H,15H2. The molecule has 0 saturated carbocycles. The van der Waals surface area contributed by atoms with Crippen LogP contribution in [0.1, 0.15) is 11.1 Å². The van der Waals surface area contributed by atoms with Gasteiger partial charge in [0, 0.05) is 44.3 Å². The van der Waals surface area contributed by atoms with Gasteiger partial charge >= 0.3 is 0 Å². The summed E-state index contributed by atoms with van der Waals surface area (Å²) in [6.45, 7) is 0. The second-order valence-electron chi connectivity index (χ2n) is 10.7. The van der Waals surface area contributed by atoms with Gasteiger partial charge in [-0.3, -0.25) is 9.97 Å². The Morgan fingerprint density at radius 2 is 1.00 bits per heavy atom. The van der Waals surface area contributed by atoms with Gasteiger partial charge < -0.3 is 9.13 Å². The number of rotatable bonds is 2. The molecule has 41 heavy (non-hydrogen) atoms. The maximum Gasteiger partial charge on any atom is 0.0963 e. The lowest BCUT2D eigenvalue weighted by atomic mass is 10.0. The van der Waals surface area contributed by atoms with Crippen LogP contribution in [0.5, 0.6) is 0 Å². The first-order chi connectivity index (χ1) is 20.1. The molecule has 0 fully saturated rings. The van der Waals surface area contributed by atoms with Crippen molar-refractivity contribution in [1.82, 2.24) is 19.1 Å². The number of pyridine rings is 2. The van der Waals surface area contributed by atoms with E-state index in [1.165, 1.54) is 22.3 Å². The molecule has 0 radical (unpaired) electrons. The highest BCUT2D eigenvalue weighted by Crippen LogP contribution is 2.42. The number of hydrogen-bond donors (Lipinski definition) is 2. The Kier molecular flexibility index (Phi) is 4.81. The fraction of sp³-hybridized carbons (Fsp3) is 0.0286. The Morgan fingerprint density at radius 1 is 0.512 bits per heavy atom. The minimum Gasteiger partial charge on any atom is -0.308 e. The predicted molar refractivity (Wildman–Crippen MR) is 173 cm³/mol. The number of nitrogens with zero attached hydrogens (tertiary/aromatic N) is 4. The molecule has 4 heterocycles. The third kappa shape index (κ3) is 3.32. The molecule has 1 aliphatic rings. The summed E-state index contributed by atoms with van der Waals surface area (Å²) in [7, 11) is 0. The molecule has 0 bridgehead atoms. The number of thiol groups is 2. The average Bonchev–Trinajstić information content (AvgIpc) is 3.64. The Balaban J connectivity index is 1.26. The third-order valence-electron chi connectivity index (χ3n) is 8.38. The molecule has 6 heteroatoms. The first-order valence-electron chi connectivity index (χ1n) is 13.6. The van der Waals surface area contributed by atoms with Crippen molar-refractivity contribution < 1.29 is 0 Å². The van der Waals surface area contributed by atoms with E-state index in [4.69, 9.17) is 9.97 Å². The molecule has 0 spiro atoms. The van der Waals surface area contributed by atoms with Crippen molar-refractivity contribution in [2.75, 3.05) is 0 Å². The summed E-state index contributed by atoms with van der Waals surface area (Å²) in [5, 5.41) is 2.22. The minimum atomic E-state index is 0.931. The third-order valence-corrected chi connectivity index (χ3v) is 8.94. The summed E-state index contributed by atoms with van der Waals surface area (Å²) in [4.78, 5) is 11.3. The van der Waals surface area contributed by atoms with Gasteiger partial charge in [-0.1, -0.05) is 12.1 Å². The zero-order chi connectivity index (χ0) is 27.2. The highest BCUT2D eigenvalue weighted by molar-refractivity contribution is 7.80. The van der Waals surface area contributed by atoms with Crippen LogP contribution in [0.15, 0.2) is 119 Å². The van der Waals surface area contributed by atoms with Crippen LogP contribution < -0.4 is 0 Å². The van der Waals surface area contributed by atoms with E-state index in [-0.39, 0.29) is 0 Å². The van der Waals surface area contributed by atoms with Crippen molar-refractivity contribution in [2.45, 2.75) is 16.2 Å². The average molecular weight is 563 g/mol. The Morgan fingerprint density at radius 3 is 1.49 bits per heavy atom. The number of benzene rings is 4. The molecule has 4 aromatic carbocycles. The molecule has 8 aromatic rings. The molecule has 0 unspecified atom stereocenters. The normalized spacial score (nSPS) is 12.5. The van der Waals surface area contributed by atoms with Crippen LogP contribution in [0.3, 0.4) is 0 Å². The fourth-order valence-electron chi connectivity index (χ4n) is 6.62. The molecule has 4 nitrogen and oxygen atoms in total. The summed E-state index contributed by atoms with van der Waals surface area (Å²) in [5.41, 5.74) is 13.9. The second-order valence-corrected chi connectivity index (χ2v) is 11.7. The van der Waals surface area contributed by atoms with Crippen LogP contribution in [-0.2, 0) is 6.42 Å². The van der Waals surface area contributed by atoms with Crippen molar-refractivity contribution in [3.63, 3.8) is 0 Å². The SMILES string of the molecule is Sc1ccc2c(c1)c1ncccc1n2-c1ccc2c(c1)-c1cc(-n3c4ccc(S)cc4c4ncccc43)ccc1C2. The van der Waals surface area contributed by atoms with E-state index in [0.717, 1.165) is 71.5 Å². The molecular formula is C35H22N4S2. The van der Waals surface area contributed by atoms with E-state index in [2.05, 4.69) is 107 Å². The maximum atomic E-state index is 4.73. The first-order valence-corrected chi connectivity index (χ1v) is 14.5. The number of hydrogen-bond acceptors (Lipinski definition) is 4. The summed E-state index contributed by atoms with van der Waals surface area (Å²) in [6, 6.07) is 34.6. The van der Waals surface area contributed by atoms with Gasteiger partial charge in [-0.05, 0) is 114 Å². The zero-order valence-corrected chi connectivity index (χ0v) is 23.6. The Labute approximate surface area is 246 Å². The van der Waals surface area contributed by atoms with Crippen LogP contribution >= 0.6 is 25.3 Å². The lowest BCUT2D eigenvalue weighted by Gasteiger charge is -2.12.